The van der Waals surface area contributed by atoms with Crippen molar-refractivity contribution >= 4 is 17.3 Å². The molecule has 124 valence electrons. The summed E-state index contributed by atoms with van der Waals surface area (Å²) in [6.07, 6.45) is 2.12. The number of phenols is 1. The molecule has 1 aliphatic rings. The predicted octanol–water partition coefficient (Wildman–Crippen LogP) is 2.69. The number of para-hydroxylation sites is 1. The monoisotopic (exact) mass is 323 g/mol. The van der Waals surface area contributed by atoms with Crippen LogP contribution in [0.4, 0.5) is 5.69 Å². The first-order valence-electron chi connectivity index (χ1n) is 8.09. The van der Waals surface area contributed by atoms with Crippen molar-refractivity contribution in [2.24, 2.45) is 5.10 Å². The molecule has 1 aliphatic heterocycles. The van der Waals surface area contributed by atoms with E-state index < -0.39 is 0 Å². The highest BCUT2D eigenvalue weighted by molar-refractivity contribution is 5.99. The molecule has 2 aromatic carbocycles. The standard InChI is InChI=1S/C19H21N3O2/c1-14(15-8-10-17(23)11-9-15)20-21-19(24)13-22-12-4-6-16-5-2-3-7-18(16)22/h2-3,5,7-11,23H,4,6,12-13H2,1H3,(H,21,24). The van der Waals surface area contributed by atoms with Gasteiger partial charge in [-0.2, -0.15) is 5.10 Å². The Morgan fingerprint density at radius 1 is 1.21 bits per heavy atom. The summed E-state index contributed by atoms with van der Waals surface area (Å²) < 4.78 is 0. The normalized spacial score (nSPS) is 14.2. The van der Waals surface area contributed by atoms with E-state index >= 15 is 0 Å². The van der Waals surface area contributed by atoms with Crippen LogP contribution in [0, 0.1) is 0 Å². The summed E-state index contributed by atoms with van der Waals surface area (Å²) in [5.41, 5.74) is 6.60. The molecule has 0 saturated heterocycles. The van der Waals surface area contributed by atoms with Crippen LogP contribution in [0.1, 0.15) is 24.5 Å². The topological polar surface area (TPSA) is 64.9 Å². The van der Waals surface area contributed by atoms with Gasteiger partial charge in [-0.15, -0.1) is 0 Å². The molecule has 24 heavy (non-hydrogen) atoms. The Labute approximate surface area is 141 Å². The van der Waals surface area contributed by atoms with Crippen LogP contribution < -0.4 is 10.3 Å². The van der Waals surface area contributed by atoms with Crippen molar-refractivity contribution in [1.82, 2.24) is 5.43 Å². The fourth-order valence-corrected chi connectivity index (χ4v) is 2.90. The van der Waals surface area contributed by atoms with Crippen LogP contribution >= 0.6 is 0 Å². The second kappa shape index (κ2) is 7.17. The van der Waals surface area contributed by atoms with Crippen LogP contribution in [0.15, 0.2) is 53.6 Å². The number of nitrogens with one attached hydrogen (secondary N) is 1. The largest absolute Gasteiger partial charge is 0.508 e. The van der Waals surface area contributed by atoms with Gasteiger partial charge < -0.3 is 10.0 Å². The third-order valence-corrected chi connectivity index (χ3v) is 4.17. The number of hydrogen-bond acceptors (Lipinski definition) is 4. The number of aryl methyl sites for hydroxylation is 1. The summed E-state index contributed by atoms with van der Waals surface area (Å²) in [5, 5.41) is 13.5. The summed E-state index contributed by atoms with van der Waals surface area (Å²) in [6.45, 7) is 3.00. The molecule has 0 aromatic heterocycles. The lowest BCUT2D eigenvalue weighted by atomic mass is 10.0. The number of carbonyl (C=O) groups is 1. The van der Waals surface area contributed by atoms with Crippen LogP contribution in [-0.4, -0.2) is 29.8 Å². The Morgan fingerprint density at radius 3 is 2.75 bits per heavy atom. The van der Waals surface area contributed by atoms with Gasteiger partial charge in [-0.3, -0.25) is 4.79 Å². The van der Waals surface area contributed by atoms with Crippen molar-refractivity contribution in [1.29, 1.82) is 0 Å². The molecule has 1 amide bonds. The van der Waals surface area contributed by atoms with Crippen LogP contribution in [0.3, 0.4) is 0 Å². The number of nitrogens with zero attached hydrogens (tertiary/aromatic N) is 2. The number of aromatic hydroxyl groups is 1. The highest BCUT2D eigenvalue weighted by atomic mass is 16.3. The van der Waals surface area contributed by atoms with Gasteiger partial charge in [0, 0.05) is 12.2 Å². The van der Waals surface area contributed by atoms with Crippen molar-refractivity contribution in [3.8, 4) is 5.75 Å². The first-order chi connectivity index (χ1) is 11.6. The number of hydrazone groups is 1. The van der Waals surface area contributed by atoms with E-state index in [2.05, 4.69) is 27.6 Å². The van der Waals surface area contributed by atoms with Gasteiger partial charge >= 0.3 is 0 Å². The number of phenolic OH excluding ortho intramolecular Hbond substituents is 1. The Bertz CT molecular complexity index is 753. The van der Waals surface area contributed by atoms with E-state index in [1.54, 1.807) is 24.3 Å². The average molecular weight is 323 g/mol. The molecule has 0 aliphatic carbocycles. The quantitative estimate of drug-likeness (QED) is 0.671. The van der Waals surface area contributed by atoms with Gasteiger partial charge in [0.15, 0.2) is 0 Å². The molecule has 0 radical (unpaired) electrons. The zero-order valence-electron chi connectivity index (χ0n) is 13.7. The SMILES string of the molecule is CC(=NNC(=O)CN1CCCc2ccccc21)c1ccc(O)cc1. The zero-order valence-corrected chi connectivity index (χ0v) is 13.7. The molecule has 5 nitrogen and oxygen atoms in total. The van der Waals surface area contributed by atoms with Crippen molar-refractivity contribution < 1.29 is 9.90 Å². The molecule has 0 atom stereocenters. The number of fused-ring (bicyclic) bond motifs is 1. The Balaban J connectivity index is 1.62. The van der Waals surface area contributed by atoms with Gasteiger partial charge in [0.05, 0.1) is 12.3 Å². The summed E-state index contributed by atoms with van der Waals surface area (Å²) in [5.74, 6) is 0.0733. The molecule has 2 N–H and O–H groups in total. The molecular formula is C19H21N3O2. The van der Waals surface area contributed by atoms with Gasteiger partial charge in [-0.1, -0.05) is 18.2 Å². The summed E-state index contributed by atoms with van der Waals surface area (Å²) in [6, 6.07) is 14.9. The summed E-state index contributed by atoms with van der Waals surface area (Å²) in [4.78, 5) is 14.3. The Hall–Kier alpha value is -2.82. The molecule has 0 fully saturated rings. The van der Waals surface area contributed by atoms with Crippen molar-refractivity contribution in [2.45, 2.75) is 19.8 Å². The Kier molecular flexibility index (Phi) is 4.79. The molecule has 5 heteroatoms. The molecule has 0 spiro atoms. The summed E-state index contributed by atoms with van der Waals surface area (Å²) >= 11 is 0. The molecular weight excluding hydrogens is 302 g/mol. The predicted molar refractivity (Wildman–Crippen MR) is 95.4 cm³/mol. The van der Waals surface area contributed by atoms with E-state index in [-0.39, 0.29) is 11.7 Å². The second-order valence-corrected chi connectivity index (χ2v) is 5.93. The lowest BCUT2D eigenvalue weighted by Crippen LogP contribution is -2.38. The van der Waals surface area contributed by atoms with E-state index in [0.29, 0.717) is 12.3 Å². The van der Waals surface area contributed by atoms with E-state index in [0.717, 1.165) is 30.6 Å². The van der Waals surface area contributed by atoms with Crippen LogP contribution in [0.5, 0.6) is 5.75 Å². The molecule has 0 saturated carbocycles. The van der Waals surface area contributed by atoms with Crippen LogP contribution in [0.2, 0.25) is 0 Å². The molecule has 1 heterocycles. The maximum Gasteiger partial charge on any atom is 0.259 e. The van der Waals surface area contributed by atoms with Crippen molar-refractivity contribution in [3.05, 3.63) is 59.7 Å². The fourth-order valence-electron chi connectivity index (χ4n) is 2.90. The molecule has 3 rings (SSSR count). The van der Waals surface area contributed by atoms with Gasteiger partial charge in [-0.05, 0) is 61.2 Å². The smallest absolute Gasteiger partial charge is 0.259 e. The third kappa shape index (κ3) is 3.74. The third-order valence-electron chi connectivity index (χ3n) is 4.17. The van der Waals surface area contributed by atoms with Gasteiger partial charge in [0.2, 0.25) is 0 Å². The molecule has 2 aromatic rings. The average Bonchev–Trinajstić information content (AvgIpc) is 2.61. The Morgan fingerprint density at radius 2 is 1.96 bits per heavy atom. The lowest BCUT2D eigenvalue weighted by molar-refractivity contribution is -0.119. The van der Waals surface area contributed by atoms with E-state index in [4.69, 9.17) is 0 Å². The minimum Gasteiger partial charge on any atom is -0.508 e. The maximum absolute atomic E-state index is 12.2. The van der Waals surface area contributed by atoms with Gasteiger partial charge in [0.1, 0.15) is 5.75 Å². The first-order valence-corrected chi connectivity index (χ1v) is 8.09. The van der Waals surface area contributed by atoms with Gasteiger partial charge in [-0.25, -0.2) is 5.43 Å². The second-order valence-electron chi connectivity index (χ2n) is 5.93. The number of hydrogen-bond donors (Lipinski definition) is 2. The highest BCUT2D eigenvalue weighted by Gasteiger charge is 2.18. The number of rotatable bonds is 4. The van der Waals surface area contributed by atoms with E-state index in [9.17, 15) is 9.90 Å². The summed E-state index contributed by atoms with van der Waals surface area (Å²) in [7, 11) is 0. The number of benzene rings is 2. The maximum atomic E-state index is 12.2. The van der Waals surface area contributed by atoms with E-state index in [1.807, 2.05) is 19.1 Å². The van der Waals surface area contributed by atoms with Crippen molar-refractivity contribution in [3.63, 3.8) is 0 Å². The van der Waals surface area contributed by atoms with Crippen LogP contribution in [-0.2, 0) is 11.2 Å². The number of anilines is 1. The lowest BCUT2D eigenvalue weighted by Gasteiger charge is -2.30. The number of amides is 1. The van der Waals surface area contributed by atoms with Gasteiger partial charge in [0.25, 0.3) is 5.91 Å². The molecule has 0 unspecified atom stereocenters. The minimum atomic E-state index is -0.134. The highest BCUT2D eigenvalue weighted by Crippen LogP contribution is 2.26. The fraction of sp³-hybridized carbons (Fsp3) is 0.263. The van der Waals surface area contributed by atoms with Crippen molar-refractivity contribution in [2.75, 3.05) is 18.0 Å². The first kappa shape index (κ1) is 16.1. The molecule has 0 bridgehead atoms. The zero-order chi connectivity index (χ0) is 16.9. The van der Waals surface area contributed by atoms with Crippen LogP contribution in [0.25, 0.3) is 0 Å². The van der Waals surface area contributed by atoms with E-state index in [1.165, 1.54) is 5.56 Å². The number of carbonyl (C=O) groups excluding carboxylic acids is 1. The minimum absolute atomic E-state index is 0.134.